The molecule has 0 spiro atoms. The number of nitrogens with zero attached hydrogens (tertiary/aromatic N) is 1. The minimum Gasteiger partial charge on any atom is -0.309 e. The van der Waals surface area contributed by atoms with Gasteiger partial charge in [0, 0.05) is 16.5 Å². The van der Waals surface area contributed by atoms with Crippen LogP contribution in [-0.4, -0.2) is 4.57 Å². The first-order valence-corrected chi connectivity index (χ1v) is 18.0. The van der Waals surface area contributed by atoms with Gasteiger partial charge in [-0.25, -0.2) is 0 Å². The van der Waals surface area contributed by atoms with Crippen molar-refractivity contribution in [1.82, 2.24) is 4.57 Å². The third-order valence-corrected chi connectivity index (χ3v) is 10.7. The Morgan fingerprint density at radius 1 is 0.288 bits per heavy atom. The minimum atomic E-state index is 1.15. The van der Waals surface area contributed by atoms with Crippen LogP contribution in [-0.2, 0) is 0 Å². The molecule has 1 heteroatoms. The van der Waals surface area contributed by atoms with Gasteiger partial charge in [0.1, 0.15) is 0 Å². The van der Waals surface area contributed by atoms with Gasteiger partial charge in [-0.2, -0.15) is 0 Å². The molecule has 1 nitrogen and oxygen atoms in total. The maximum atomic E-state index is 2.41. The Hall–Kier alpha value is -6.70. The Bertz CT molecular complexity index is 2870. The van der Waals surface area contributed by atoms with Gasteiger partial charge in [0.2, 0.25) is 0 Å². The monoisotopic (exact) mass is 661 g/mol. The SMILES string of the molecule is Cc1ccc(-c2cccc(-c3ccc4c(c3)c3ccccc3n4-c3ccc(-c4c5ccccc5c(-c5ccccc5)c5ccccc45)cc3)c2)cc1. The molecule has 0 N–H and O–H groups in total. The van der Waals surface area contributed by atoms with Crippen molar-refractivity contribution in [2.24, 2.45) is 0 Å². The van der Waals surface area contributed by atoms with E-state index in [2.05, 4.69) is 206 Å². The summed E-state index contributed by atoms with van der Waals surface area (Å²) in [7, 11) is 0. The Morgan fingerprint density at radius 3 is 1.37 bits per heavy atom. The fourth-order valence-electron chi connectivity index (χ4n) is 8.19. The van der Waals surface area contributed by atoms with Crippen LogP contribution in [0, 0.1) is 6.92 Å². The summed E-state index contributed by atoms with van der Waals surface area (Å²) in [6.45, 7) is 2.13. The molecule has 0 bridgehead atoms. The maximum absolute atomic E-state index is 2.41. The van der Waals surface area contributed by atoms with Crippen molar-refractivity contribution in [2.45, 2.75) is 6.92 Å². The molecule has 0 fully saturated rings. The van der Waals surface area contributed by atoms with Gasteiger partial charge >= 0.3 is 0 Å². The zero-order valence-corrected chi connectivity index (χ0v) is 28.9. The molecule has 0 aliphatic heterocycles. The molecule has 0 saturated carbocycles. The second kappa shape index (κ2) is 12.3. The number of hydrogen-bond donors (Lipinski definition) is 0. The highest BCUT2D eigenvalue weighted by atomic mass is 15.0. The highest BCUT2D eigenvalue weighted by Crippen LogP contribution is 2.44. The van der Waals surface area contributed by atoms with Gasteiger partial charge in [-0.15, -0.1) is 0 Å². The van der Waals surface area contributed by atoms with Crippen molar-refractivity contribution < 1.29 is 0 Å². The number of hydrogen-bond acceptors (Lipinski definition) is 0. The van der Waals surface area contributed by atoms with Crippen molar-refractivity contribution in [3.8, 4) is 50.2 Å². The number of aromatic nitrogens is 1. The van der Waals surface area contributed by atoms with Crippen molar-refractivity contribution >= 4 is 43.4 Å². The molecule has 0 saturated heterocycles. The lowest BCUT2D eigenvalue weighted by molar-refractivity contribution is 1.18. The molecule has 52 heavy (non-hydrogen) atoms. The third-order valence-electron chi connectivity index (χ3n) is 10.7. The zero-order valence-electron chi connectivity index (χ0n) is 28.9. The van der Waals surface area contributed by atoms with Crippen molar-refractivity contribution in [2.75, 3.05) is 0 Å². The van der Waals surface area contributed by atoms with Crippen LogP contribution in [0.2, 0.25) is 0 Å². The number of aryl methyl sites for hydroxylation is 1. The van der Waals surface area contributed by atoms with E-state index in [4.69, 9.17) is 0 Å². The van der Waals surface area contributed by atoms with Crippen molar-refractivity contribution in [1.29, 1.82) is 0 Å². The summed E-state index contributed by atoms with van der Waals surface area (Å²) >= 11 is 0. The van der Waals surface area contributed by atoms with E-state index in [0.29, 0.717) is 0 Å². The first-order chi connectivity index (χ1) is 25.7. The van der Waals surface area contributed by atoms with Crippen LogP contribution < -0.4 is 0 Å². The lowest BCUT2D eigenvalue weighted by Gasteiger charge is -2.18. The molecule has 0 aliphatic carbocycles. The molecule has 0 unspecified atom stereocenters. The van der Waals surface area contributed by atoms with Gasteiger partial charge in [-0.1, -0.05) is 163 Å². The smallest absolute Gasteiger partial charge is 0.0541 e. The van der Waals surface area contributed by atoms with Gasteiger partial charge < -0.3 is 4.57 Å². The zero-order chi connectivity index (χ0) is 34.6. The van der Waals surface area contributed by atoms with Crippen LogP contribution in [0.25, 0.3) is 93.5 Å². The Morgan fingerprint density at radius 2 is 0.731 bits per heavy atom. The van der Waals surface area contributed by atoms with Crippen LogP contribution in [0.5, 0.6) is 0 Å². The van der Waals surface area contributed by atoms with Crippen LogP contribution in [0.15, 0.2) is 194 Å². The molecule has 0 radical (unpaired) electrons. The number of fused-ring (bicyclic) bond motifs is 5. The summed E-state index contributed by atoms with van der Waals surface area (Å²) in [6.07, 6.45) is 0. The van der Waals surface area contributed by atoms with E-state index in [1.165, 1.54) is 93.4 Å². The first-order valence-electron chi connectivity index (χ1n) is 18.0. The maximum Gasteiger partial charge on any atom is 0.0541 e. The Balaban J connectivity index is 1.10. The third kappa shape index (κ3) is 4.93. The van der Waals surface area contributed by atoms with Crippen LogP contribution in [0.4, 0.5) is 0 Å². The van der Waals surface area contributed by atoms with Crippen LogP contribution in [0.1, 0.15) is 5.56 Å². The topological polar surface area (TPSA) is 4.93 Å². The molecular weight excluding hydrogens is 627 g/mol. The fourth-order valence-corrected chi connectivity index (χ4v) is 8.19. The van der Waals surface area contributed by atoms with Crippen molar-refractivity contribution in [3.63, 3.8) is 0 Å². The van der Waals surface area contributed by atoms with E-state index < -0.39 is 0 Å². The lowest BCUT2D eigenvalue weighted by atomic mass is 9.86. The van der Waals surface area contributed by atoms with Gasteiger partial charge in [0.05, 0.1) is 11.0 Å². The molecule has 0 aliphatic rings. The molecule has 1 heterocycles. The summed E-state index contributed by atoms with van der Waals surface area (Å²) < 4.78 is 2.41. The molecule has 10 aromatic rings. The average molecular weight is 662 g/mol. The molecular formula is C51H35N. The second-order valence-corrected chi connectivity index (χ2v) is 13.8. The van der Waals surface area contributed by atoms with Gasteiger partial charge in [0.25, 0.3) is 0 Å². The first kappa shape index (κ1) is 30.2. The highest BCUT2D eigenvalue weighted by molar-refractivity contribution is 6.21. The number of rotatable bonds is 5. The quantitative estimate of drug-likeness (QED) is 0.162. The standard InChI is InChI=1S/C51H35N/c1-34-22-24-35(25-23-34)38-14-11-15-39(32-38)40-28-31-49-47(33-40)42-16-9-10-21-48(42)52(49)41-29-26-37(27-30-41)51-45-19-7-5-17-43(45)50(36-12-3-2-4-13-36)44-18-6-8-20-46(44)51/h2-33H,1H3. The summed E-state index contributed by atoms with van der Waals surface area (Å²) in [5, 5.41) is 7.59. The highest BCUT2D eigenvalue weighted by Gasteiger charge is 2.18. The number of benzene rings is 9. The van der Waals surface area contributed by atoms with Crippen LogP contribution >= 0.6 is 0 Å². The van der Waals surface area contributed by atoms with Crippen molar-refractivity contribution in [3.05, 3.63) is 200 Å². The van der Waals surface area contributed by atoms with Gasteiger partial charge in [-0.05, 0) is 109 Å². The van der Waals surface area contributed by atoms with E-state index in [9.17, 15) is 0 Å². The predicted molar refractivity (Wildman–Crippen MR) is 222 cm³/mol. The largest absolute Gasteiger partial charge is 0.309 e. The fraction of sp³-hybridized carbons (Fsp3) is 0.0196. The Labute approximate surface area is 303 Å². The van der Waals surface area contributed by atoms with Gasteiger partial charge in [0.15, 0.2) is 0 Å². The predicted octanol–water partition coefficient (Wildman–Crippen LogP) is 14.1. The van der Waals surface area contributed by atoms with Gasteiger partial charge in [-0.3, -0.25) is 0 Å². The molecule has 10 rings (SSSR count). The minimum absolute atomic E-state index is 1.15. The van der Waals surface area contributed by atoms with E-state index in [0.717, 1.165) is 5.69 Å². The summed E-state index contributed by atoms with van der Waals surface area (Å²) in [6, 6.07) is 71.1. The van der Waals surface area contributed by atoms with Crippen LogP contribution in [0.3, 0.4) is 0 Å². The number of para-hydroxylation sites is 1. The molecule has 244 valence electrons. The lowest BCUT2D eigenvalue weighted by Crippen LogP contribution is -1.94. The normalized spacial score (nSPS) is 11.6. The van der Waals surface area contributed by atoms with E-state index in [1.807, 2.05) is 0 Å². The molecule has 9 aromatic carbocycles. The Kier molecular flexibility index (Phi) is 7.11. The van der Waals surface area contributed by atoms with E-state index >= 15 is 0 Å². The summed E-state index contributed by atoms with van der Waals surface area (Å²) in [4.78, 5) is 0. The molecule has 0 atom stereocenters. The summed E-state index contributed by atoms with van der Waals surface area (Å²) in [5.41, 5.74) is 14.8. The van der Waals surface area contributed by atoms with E-state index in [-0.39, 0.29) is 0 Å². The average Bonchev–Trinajstić information content (AvgIpc) is 3.54. The molecule has 0 amide bonds. The summed E-state index contributed by atoms with van der Waals surface area (Å²) in [5.74, 6) is 0. The molecule has 1 aromatic heterocycles. The second-order valence-electron chi connectivity index (χ2n) is 13.8. The van der Waals surface area contributed by atoms with E-state index in [1.54, 1.807) is 0 Å².